The summed E-state index contributed by atoms with van der Waals surface area (Å²) in [7, 11) is 4.57. The van der Waals surface area contributed by atoms with Gasteiger partial charge in [-0.05, 0) is 19.1 Å². The van der Waals surface area contributed by atoms with E-state index in [1.165, 1.54) is 14.2 Å². The van der Waals surface area contributed by atoms with E-state index in [2.05, 4.69) is 0 Å². The van der Waals surface area contributed by atoms with Gasteiger partial charge in [0.05, 0.1) is 26.4 Å². The maximum atomic E-state index is 13.0. The highest BCUT2D eigenvalue weighted by Gasteiger charge is 2.71. The summed E-state index contributed by atoms with van der Waals surface area (Å²) >= 11 is 0. The molecule has 1 aromatic rings. The van der Waals surface area contributed by atoms with Gasteiger partial charge < -0.3 is 19.5 Å². The second-order valence-electron chi connectivity index (χ2n) is 7.15. The molecule has 2 aliphatic heterocycles. The standard InChI is InChI=1S/C20H26N2O6/c1-6-20(19(25)28-7-2)15-14(17(23)22(3)18(15)24)16(21-20)12-9-8-11(26-4)10-13(12)27-5/h8-10,14-16,21H,6-7H2,1-5H3/p+1/t14-,15-,16-,20-/m0/s1. The second kappa shape index (κ2) is 7.43. The van der Waals surface area contributed by atoms with Gasteiger partial charge in [0.25, 0.3) is 0 Å². The van der Waals surface area contributed by atoms with E-state index in [9.17, 15) is 14.4 Å². The van der Waals surface area contributed by atoms with Gasteiger partial charge in [-0.2, -0.15) is 0 Å². The first-order valence-electron chi connectivity index (χ1n) is 9.42. The Balaban J connectivity index is 2.15. The van der Waals surface area contributed by atoms with Crippen molar-refractivity contribution in [2.24, 2.45) is 11.8 Å². The third kappa shape index (κ3) is 2.74. The summed E-state index contributed by atoms with van der Waals surface area (Å²) in [6, 6.07) is 4.89. The molecular formula is C20H27N2O6+. The summed E-state index contributed by atoms with van der Waals surface area (Å²) < 4.78 is 16.1. The molecule has 2 saturated heterocycles. The molecule has 0 aliphatic carbocycles. The number of rotatable bonds is 6. The van der Waals surface area contributed by atoms with Crippen LogP contribution in [0.3, 0.4) is 0 Å². The predicted molar refractivity (Wildman–Crippen MR) is 98.6 cm³/mol. The molecule has 0 aromatic heterocycles. The lowest BCUT2D eigenvalue weighted by Crippen LogP contribution is -2.98. The molecule has 3 rings (SSSR count). The summed E-state index contributed by atoms with van der Waals surface area (Å²) in [6.07, 6.45) is 0.370. The van der Waals surface area contributed by atoms with E-state index in [0.717, 1.165) is 10.5 Å². The van der Waals surface area contributed by atoms with Crippen molar-refractivity contribution in [3.63, 3.8) is 0 Å². The van der Waals surface area contributed by atoms with Crippen LogP contribution < -0.4 is 14.8 Å². The number of hydrogen-bond donors (Lipinski definition) is 1. The number of esters is 1. The number of hydrogen-bond acceptors (Lipinski definition) is 6. The van der Waals surface area contributed by atoms with Gasteiger partial charge in [-0.3, -0.25) is 14.5 Å². The Kier molecular flexibility index (Phi) is 5.34. The second-order valence-corrected chi connectivity index (χ2v) is 7.15. The first kappa shape index (κ1) is 20.1. The maximum absolute atomic E-state index is 13.0. The van der Waals surface area contributed by atoms with Gasteiger partial charge in [0.15, 0.2) is 0 Å². The molecule has 2 amide bonds. The normalized spacial score (nSPS) is 29.0. The van der Waals surface area contributed by atoms with Crippen LogP contribution in [0.1, 0.15) is 31.9 Å². The molecule has 0 unspecified atom stereocenters. The summed E-state index contributed by atoms with van der Waals surface area (Å²) in [4.78, 5) is 40.0. The number of carbonyl (C=O) groups excluding carboxylic acids is 3. The summed E-state index contributed by atoms with van der Waals surface area (Å²) in [6.45, 7) is 3.78. The number of likely N-dealkylation sites (tertiary alicyclic amines) is 1. The molecular weight excluding hydrogens is 364 g/mol. The minimum Gasteiger partial charge on any atom is -0.497 e. The third-order valence-corrected chi connectivity index (χ3v) is 6.03. The molecule has 4 atom stereocenters. The van der Waals surface area contributed by atoms with Crippen LogP contribution in [0.15, 0.2) is 18.2 Å². The maximum Gasteiger partial charge on any atom is 0.368 e. The molecule has 2 heterocycles. The van der Waals surface area contributed by atoms with E-state index in [1.807, 2.05) is 18.3 Å². The third-order valence-electron chi connectivity index (χ3n) is 6.03. The van der Waals surface area contributed by atoms with Gasteiger partial charge in [-0.15, -0.1) is 0 Å². The van der Waals surface area contributed by atoms with Gasteiger partial charge in [-0.1, -0.05) is 6.92 Å². The number of benzene rings is 1. The lowest BCUT2D eigenvalue weighted by molar-refractivity contribution is -0.734. The topological polar surface area (TPSA) is 98.8 Å². The Hall–Kier alpha value is -2.61. The largest absolute Gasteiger partial charge is 0.497 e. The van der Waals surface area contributed by atoms with E-state index >= 15 is 0 Å². The van der Waals surface area contributed by atoms with Crippen molar-refractivity contribution < 1.29 is 33.9 Å². The fourth-order valence-corrected chi connectivity index (χ4v) is 4.59. The fourth-order valence-electron chi connectivity index (χ4n) is 4.59. The number of imide groups is 1. The monoisotopic (exact) mass is 391 g/mol. The molecule has 2 fully saturated rings. The molecule has 0 spiro atoms. The van der Waals surface area contributed by atoms with Gasteiger partial charge in [0.2, 0.25) is 17.4 Å². The van der Waals surface area contributed by atoms with Crippen molar-refractivity contribution in [3.8, 4) is 11.5 Å². The number of ether oxygens (including phenoxy) is 3. The number of carbonyl (C=O) groups is 3. The Bertz CT molecular complexity index is 810. The molecule has 0 radical (unpaired) electrons. The number of nitrogens with two attached hydrogens (primary N) is 1. The molecule has 0 saturated carbocycles. The van der Waals surface area contributed by atoms with E-state index in [0.29, 0.717) is 17.9 Å². The minimum atomic E-state index is -1.15. The van der Waals surface area contributed by atoms with Crippen LogP contribution in [-0.2, 0) is 19.1 Å². The van der Waals surface area contributed by atoms with Crippen LogP contribution in [-0.4, -0.2) is 56.1 Å². The zero-order valence-electron chi connectivity index (χ0n) is 16.9. The van der Waals surface area contributed by atoms with Crippen molar-refractivity contribution in [2.45, 2.75) is 31.8 Å². The van der Waals surface area contributed by atoms with Crippen molar-refractivity contribution in [2.75, 3.05) is 27.9 Å². The smallest absolute Gasteiger partial charge is 0.368 e. The van der Waals surface area contributed by atoms with Crippen LogP contribution >= 0.6 is 0 Å². The van der Waals surface area contributed by atoms with E-state index in [4.69, 9.17) is 14.2 Å². The highest BCUT2D eigenvalue weighted by Crippen LogP contribution is 2.47. The molecule has 28 heavy (non-hydrogen) atoms. The minimum absolute atomic E-state index is 0.209. The molecule has 8 heteroatoms. The van der Waals surface area contributed by atoms with E-state index in [1.54, 1.807) is 26.2 Å². The lowest BCUT2D eigenvalue weighted by atomic mass is 9.78. The first-order valence-corrected chi connectivity index (χ1v) is 9.42. The summed E-state index contributed by atoms with van der Waals surface area (Å²) in [5.74, 6) is -1.35. The summed E-state index contributed by atoms with van der Waals surface area (Å²) in [5.41, 5.74) is -0.400. The Labute approximate surface area is 164 Å². The van der Waals surface area contributed by atoms with Crippen molar-refractivity contribution in [3.05, 3.63) is 23.8 Å². The Morgan fingerprint density at radius 1 is 1.18 bits per heavy atom. The average Bonchev–Trinajstić information content (AvgIpc) is 3.17. The number of methoxy groups -OCH3 is 2. The SMILES string of the molecule is CCOC(=O)[C@@]1(CC)[NH2+][C@@H](c2ccc(OC)cc2OC)[C@H]2C(=O)N(C)C(=O)[C@H]21. The molecule has 8 nitrogen and oxygen atoms in total. The average molecular weight is 391 g/mol. The van der Waals surface area contributed by atoms with Crippen LogP contribution in [0.4, 0.5) is 0 Å². The first-order chi connectivity index (χ1) is 13.4. The lowest BCUT2D eigenvalue weighted by Gasteiger charge is -2.28. The van der Waals surface area contributed by atoms with E-state index in [-0.39, 0.29) is 18.4 Å². The summed E-state index contributed by atoms with van der Waals surface area (Å²) in [5, 5.41) is 1.83. The van der Waals surface area contributed by atoms with Gasteiger partial charge >= 0.3 is 5.97 Å². The zero-order chi connectivity index (χ0) is 20.6. The van der Waals surface area contributed by atoms with Crippen LogP contribution in [0.5, 0.6) is 11.5 Å². The van der Waals surface area contributed by atoms with Crippen LogP contribution in [0.2, 0.25) is 0 Å². The van der Waals surface area contributed by atoms with Crippen LogP contribution in [0.25, 0.3) is 0 Å². The van der Waals surface area contributed by atoms with Gasteiger partial charge in [0.1, 0.15) is 29.4 Å². The van der Waals surface area contributed by atoms with Crippen molar-refractivity contribution in [1.29, 1.82) is 0 Å². The zero-order valence-corrected chi connectivity index (χ0v) is 16.9. The van der Waals surface area contributed by atoms with Crippen molar-refractivity contribution >= 4 is 17.8 Å². The van der Waals surface area contributed by atoms with Crippen LogP contribution in [0, 0.1) is 11.8 Å². The quantitative estimate of drug-likeness (QED) is 0.552. The Morgan fingerprint density at radius 2 is 1.89 bits per heavy atom. The highest BCUT2D eigenvalue weighted by atomic mass is 16.5. The van der Waals surface area contributed by atoms with E-state index < -0.39 is 29.4 Å². The molecule has 2 aliphatic rings. The van der Waals surface area contributed by atoms with Gasteiger partial charge in [0, 0.05) is 19.5 Å². The Morgan fingerprint density at radius 3 is 2.46 bits per heavy atom. The number of quaternary nitrogens is 1. The molecule has 2 N–H and O–H groups in total. The molecule has 1 aromatic carbocycles. The number of amides is 2. The fraction of sp³-hybridized carbons (Fsp3) is 0.550. The van der Waals surface area contributed by atoms with Gasteiger partial charge in [-0.25, -0.2) is 4.79 Å². The number of fused-ring (bicyclic) bond motifs is 1. The number of nitrogens with zero attached hydrogens (tertiary/aromatic N) is 1. The molecule has 152 valence electrons. The van der Waals surface area contributed by atoms with Crippen molar-refractivity contribution in [1.82, 2.24) is 4.90 Å². The highest BCUT2D eigenvalue weighted by molar-refractivity contribution is 6.08. The molecule has 0 bridgehead atoms. The predicted octanol–water partition coefficient (Wildman–Crippen LogP) is 0.265.